The Bertz CT molecular complexity index is 2490. The number of hydrogen-bond acceptors (Lipinski definition) is 7. The topological polar surface area (TPSA) is 25.8 Å². The van der Waals surface area contributed by atoms with E-state index in [0.29, 0.717) is 0 Å². The molecule has 6 aromatic rings. The predicted molar refractivity (Wildman–Crippen MR) is 293 cm³/mol. The Labute approximate surface area is 413 Å². The minimum atomic E-state index is 0.199. The zero-order valence-corrected chi connectivity index (χ0v) is 44.1. The summed E-state index contributed by atoms with van der Waals surface area (Å²) < 4.78 is 10.0. The molecule has 0 bridgehead atoms. The average molecular weight is 958 g/mol. The first kappa shape index (κ1) is 50.9. The molecule has 5 heterocycles. The first-order valence-electron chi connectivity index (χ1n) is 25.0. The van der Waals surface area contributed by atoms with E-state index >= 15 is 0 Å². The summed E-state index contributed by atoms with van der Waals surface area (Å²) >= 11 is 8.95. The van der Waals surface area contributed by atoms with Crippen LogP contribution >= 0.6 is 57.1 Å². The van der Waals surface area contributed by atoms with Gasteiger partial charge in [-0.3, -0.25) is 0 Å². The summed E-state index contributed by atoms with van der Waals surface area (Å²) in [6.07, 6.45) is 35.4. The van der Waals surface area contributed by atoms with Crippen molar-refractivity contribution in [3.05, 3.63) is 69.4 Å². The van der Waals surface area contributed by atoms with Gasteiger partial charge in [0.05, 0.1) is 11.7 Å². The fraction of sp³-hybridized carbons (Fsp3) is 0.517. The Balaban J connectivity index is 1.28. The molecule has 0 saturated heterocycles. The molecule has 2 nitrogen and oxygen atoms in total. The molecule has 0 fully saturated rings. The molecule has 7 heteroatoms. The lowest BCUT2D eigenvalue weighted by molar-refractivity contribution is 0.400. The third-order valence-corrected chi connectivity index (χ3v) is 18.2. The van der Waals surface area contributed by atoms with Crippen molar-refractivity contribution in [2.45, 2.75) is 182 Å². The van der Waals surface area contributed by atoms with Gasteiger partial charge in [0, 0.05) is 56.1 Å². The first-order chi connectivity index (χ1) is 31.9. The molecule has 6 rings (SSSR count). The zero-order chi connectivity index (χ0) is 45.6. The summed E-state index contributed by atoms with van der Waals surface area (Å²) in [6.45, 7) is 11.4. The molecule has 1 atom stereocenters. The van der Waals surface area contributed by atoms with E-state index in [4.69, 9.17) is 15.2 Å². The molecule has 0 saturated carbocycles. The Morgan fingerprint density at radius 2 is 1.05 bits per heavy atom. The van der Waals surface area contributed by atoms with Gasteiger partial charge in [-0.2, -0.15) is 8.75 Å². The van der Waals surface area contributed by atoms with Crippen molar-refractivity contribution in [2.75, 3.05) is 0 Å². The molecule has 0 spiro atoms. The molecular formula is C58H72N2S5. The summed E-state index contributed by atoms with van der Waals surface area (Å²) in [4.78, 5) is 10.7. The van der Waals surface area contributed by atoms with E-state index in [9.17, 15) is 0 Å². The number of rotatable bonds is 29. The Morgan fingerprint density at radius 3 is 1.65 bits per heavy atom. The lowest BCUT2D eigenvalue weighted by Crippen LogP contribution is -2.05. The van der Waals surface area contributed by atoms with Crippen LogP contribution in [0.5, 0.6) is 0 Å². The van der Waals surface area contributed by atoms with Crippen LogP contribution in [0.1, 0.15) is 176 Å². The van der Waals surface area contributed by atoms with Gasteiger partial charge in [0.1, 0.15) is 11.0 Å². The van der Waals surface area contributed by atoms with E-state index in [1.54, 1.807) is 0 Å². The average Bonchev–Trinajstić information content (AvgIpc) is 4.17. The molecule has 344 valence electrons. The Kier molecular flexibility index (Phi) is 21.9. The third kappa shape index (κ3) is 15.5. The number of fused-ring (bicyclic) bond motifs is 1. The number of aryl methyl sites for hydroxylation is 2. The summed E-state index contributed by atoms with van der Waals surface area (Å²) in [5.41, 5.74) is 7.32. The highest BCUT2D eigenvalue weighted by atomic mass is 32.1. The lowest BCUT2D eigenvalue weighted by atomic mass is 9.88. The summed E-state index contributed by atoms with van der Waals surface area (Å²) in [5.74, 6) is 15.7. The van der Waals surface area contributed by atoms with Crippen LogP contribution in [-0.2, 0) is 12.8 Å². The molecule has 1 aromatic carbocycles. The van der Waals surface area contributed by atoms with Crippen molar-refractivity contribution in [3.63, 3.8) is 0 Å². The van der Waals surface area contributed by atoms with Gasteiger partial charge < -0.3 is 0 Å². The first-order valence-corrected chi connectivity index (χ1v) is 29.0. The summed E-state index contributed by atoms with van der Waals surface area (Å²) in [6, 6.07) is 18.7. The molecule has 5 aromatic heterocycles. The number of terminal acetylenes is 1. The highest BCUT2D eigenvalue weighted by molar-refractivity contribution is 7.27. The largest absolute Gasteiger partial charge is 0.172 e. The van der Waals surface area contributed by atoms with Gasteiger partial charge >= 0.3 is 0 Å². The van der Waals surface area contributed by atoms with E-state index in [0.717, 1.165) is 29.8 Å². The van der Waals surface area contributed by atoms with Crippen LogP contribution in [0.15, 0.2) is 48.5 Å². The maximum Gasteiger partial charge on any atom is 0.114 e. The van der Waals surface area contributed by atoms with Crippen molar-refractivity contribution in [1.82, 2.24) is 8.75 Å². The van der Waals surface area contributed by atoms with Crippen LogP contribution in [0.2, 0.25) is 0 Å². The number of hydrogen-bond donors (Lipinski definition) is 0. The highest BCUT2D eigenvalue weighted by Crippen LogP contribution is 2.47. The van der Waals surface area contributed by atoms with Gasteiger partial charge in [-0.1, -0.05) is 167 Å². The van der Waals surface area contributed by atoms with Crippen molar-refractivity contribution < 1.29 is 0 Å². The molecule has 1 unspecified atom stereocenters. The maximum absolute atomic E-state index is 5.46. The summed E-state index contributed by atoms with van der Waals surface area (Å²) in [5, 5.41) is 0. The molecular weight excluding hydrogens is 885 g/mol. The van der Waals surface area contributed by atoms with E-state index in [2.05, 4.69) is 113 Å². The van der Waals surface area contributed by atoms with Crippen LogP contribution in [0.4, 0.5) is 0 Å². The van der Waals surface area contributed by atoms with Crippen molar-refractivity contribution >= 4 is 68.1 Å². The standard InChI is InChI=1S/C58H72N2S5/c1-7-11-15-19-22-26-30-45(31-27-23-20-16-12-8-2)39-47-41-54(62-44(47)6)49-34-35-50(57-56(49)59-65-60-57)55-42-48(40-46(29-25-18-14-10-4)32-28-24-21-17-13-9-3)58(64-55)53-38-37-52(63-53)51-36-33-43(5)61-51/h4,33-38,41-42,45-46H,7-9,11-13,15-17,19-24,26-28,30-32,39-40H2,1-3,5-6H3. The van der Waals surface area contributed by atoms with Gasteiger partial charge in [0.15, 0.2) is 0 Å². The number of thiophene rings is 4. The minimum absolute atomic E-state index is 0.199. The third-order valence-electron chi connectivity index (χ3n) is 12.9. The number of aromatic nitrogens is 2. The second-order valence-corrected chi connectivity index (χ2v) is 23.4. The van der Waals surface area contributed by atoms with E-state index in [1.165, 1.54) is 208 Å². The highest BCUT2D eigenvalue weighted by Gasteiger charge is 2.23. The quantitative estimate of drug-likeness (QED) is 0.0346. The van der Waals surface area contributed by atoms with Gasteiger partial charge in [-0.15, -0.1) is 51.8 Å². The minimum Gasteiger partial charge on any atom is -0.172 e. The van der Waals surface area contributed by atoms with Gasteiger partial charge in [0.2, 0.25) is 0 Å². The molecule has 0 N–H and O–H groups in total. The Hall–Kier alpha value is -3.48. The predicted octanol–water partition coefficient (Wildman–Crippen LogP) is 19.4. The second kappa shape index (κ2) is 28.0. The molecule has 0 radical (unpaired) electrons. The van der Waals surface area contributed by atoms with Crippen molar-refractivity contribution in [1.29, 1.82) is 0 Å². The smallest absolute Gasteiger partial charge is 0.114 e. The number of unbranched alkanes of at least 4 members (excludes halogenated alkanes) is 15. The van der Waals surface area contributed by atoms with Crippen molar-refractivity contribution in [3.8, 4) is 76.4 Å². The van der Waals surface area contributed by atoms with Gasteiger partial charge in [0.25, 0.3) is 0 Å². The molecule has 0 amide bonds. The Morgan fingerprint density at radius 1 is 0.508 bits per heavy atom. The van der Waals surface area contributed by atoms with Crippen molar-refractivity contribution in [2.24, 2.45) is 11.8 Å². The van der Waals surface area contributed by atoms with E-state index in [-0.39, 0.29) is 5.92 Å². The van der Waals surface area contributed by atoms with E-state index in [1.807, 2.05) is 45.3 Å². The number of benzene rings is 1. The fourth-order valence-electron chi connectivity index (χ4n) is 9.15. The monoisotopic (exact) mass is 956 g/mol. The molecule has 0 aliphatic rings. The molecule has 0 aliphatic carbocycles. The second-order valence-electron chi connectivity index (χ2n) is 18.2. The normalized spacial score (nSPS) is 11.8. The molecule has 65 heavy (non-hydrogen) atoms. The molecule has 0 aliphatic heterocycles. The number of nitrogens with zero attached hydrogens (tertiary/aromatic N) is 2. The van der Waals surface area contributed by atoms with Crippen LogP contribution in [-0.4, -0.2) is 8.75 Å². The summed E-state index contributed by atoms with van der Waals surface area (Å²) in [7, 11) is 0. The van der Waals surface area contributed by atoms with Crippen LogP contribution < -0.4 is 0 Å². The van der Waals surface area contributed by atoms with Crippen LogP contribution in [0, 0.1) is 61.7 Å². The van der Waals surface area contributed by atoms with Gasteiger partial charge in [-0.05, 0) is 110 Å². The van der Waals surface area contributed by atoms with Crippen LogP contribution in [0.3, 0.4) is 0 Å². The fourth-order valence-corrected chi connectivity index (χ4v) is 14.1. The van der Waals surface area contributed by atoms with Crippen LogP contribution in [0.25, 0.3) is 51.4 Å². The SMILES string of the molecule is C#CC#CC#CC(CCCCCCCC)Cc1cc(-c2ccc(-c3cc(CC(CCCCCCCC)CCCCCCCC)c(C)s3)c3nsnc23)sc1-c1ccc(-c2ccc(C)s2)s1. The zero-order valence-electron chi connectivity index (χ0n) is 40.0. The maximum atomic E-state index is 5.46. The lowest BCUT2D eigenvalue weighted by Gasteiger charge is -2.17. The van der Waals surface area contributed by atoms with Gasteiger partial charge in [-0.25, -0.2) is 0 Å². The van der Waals surface area contributed by atoms with E-state index < -0.39 is 0 Å².